The summed E-state index contributed by atoms with van der Waals surface area (Å²) in [6.45, 7) is 2.41. The number of carbonyl (C=O) groups is 2. The maximum atomic E-state index is 12.5. The van der Waals surface area contributed by atoms with E-state index < -0.39 is 5.41 Å². The predicted molar refractivity (Wildman–Crippen MR) is 69.7 cm³/mol. The van der Waals surface area contributed by atoms with Crippen molar-refractivity contribution in [3.05, 3.63) is 35.9 Å². The van der Waals surface area contributed by atoms with Gasteiger partial charge in [-0.15, -0.1) is 0 Å². The fourth-order valence-electron chi connectivity index (χ4n) is 2.92. The highest BCUT2D eigenvalue weighted by Gasteiger charge is 2.62. The highest BCUT2D eigenvalue weighted by molar-refractivity contribution is 7.80. The van der Waals surface area contributed by atoms with Crippen LogP contribution in [0.2, 0.25) is 0 Å². The quantitative estimate of drug-likeness (QED) is 0.601. The van der Waals surface area contributed by atoms with Crippen molar-refractivity contribution in [3.8, 4) is 0 Å². The molecule has 2 fully saturated rings. The van der Waals surface area contributed by atoms with Crippen LogP contribution in [0.25, 0.3) is 0 Å². The molecule has 0 spiro atoms. The molecule has 3 rings (SSSR count). The Morgan fingerprint density at radius 2 is 2.00 bits per heavy atom. The zero-order valence-corrected chi connectivity index (χ0v) is 10.7. The van der Waals surface area contributed by atoms with Crippen LogP contribution in [-0.2, 0) is 15.0 Å². The van der Waals surface area contributed by atoms with Gasteiger partial charge in [0.1, 0.15) is 0 Å². The monoisotopic (exact) mass is 260 g/mol. The molecule has 92 valence electrons. The van der Waals surface area contributed by atoms with Crippen molar-refractivity contribution in [3.63, 3.8) is 0 Å². The van der Waals surface area contributed by atoms with Gasteiger partial charge in [-0.1, -0.05) is 37.3 Å². The molecular formula is C13H12N2O2S. The van der Waals surface area contributed by atoms with E-state index in [2.05, 4.69) is 5.32 Å². The van der Waals surface area contributed by atoms with Gasteiger partial charge in [-0.3, -0.25) is 14.5 Å². The molecule has 2 saturated heterocycles. The number of fused-ring (bicyclic) bond motifs is 2. The molecule has 4 nitrogen and oxygen atoms in total. The van der Waals surface area contributed by atoms with Gasteiger partial charge in [0.2, 0.25) is 11.8 Å². The third kappa shape index (κ3) is 1.17. The largest absolute Gasteiger partial charge is 0.301 e. The molecule has 1 aromatic rings. The van der Waals surface area contributed by atoms with Gasteiger partial charge in [0, 0.05) is 12.5 Å². The molecular weight excluding hydrogens is 248 g/mol. The summed E-state index contributed by atoms with van der Waals surface area (Å²) in [4.78, 5) is 26.4. The third-order valence-corrected chi connectivity index (χ3v) is 4.15. The fourth-order valence-corrected chi connectivity index (χ4v) is 3.17. The van der Waals surface area contributed by atoms with Crippen LogP contribution in [0, 0.1) is 5.92 Å². The Bertz CT molecular complexity index is 557. The third-order valence-electron chi connectivity index (χ3n) is 3.83. The van der Waals surface area contributed by atoms with E-state index in [9.17, 15) is 9.59 Å². The number of amides is 2. The van der Waals surface area contributed by atoms with Crippen molar-refractivity contribution in [2.24, 2.45) is 5.92 Å². The Hall–Kier alpha value is -1.75. The average molecular weight is 260 g/mol. The standard InChI is InChI=1S/C13H12N2O2S/c1-8-7-15-11(17)13(8,10(16)14-12(15)18)9-5-3-2-4-6-9/h2-6,8H,7H2,1H3,(H,14,16,18)/t8-,13+/m0/s1. The molecule has 2 aliphatic heterocycles. The summed E-state index contributed by atoms with van der Waals surface area (Å²) in [5.74, 6) is -0.590. The van der Waals surface area contributed by atoms with E-state index in [0.29, 0.717) is 6.54 Å². The number of carbonyl (C=O) groups excluding carboxylic acids is 2. The van der Waals surface area contributed by atoms with Gasteiger partial charge in [0.05, 0.1) is 0 Å². The normalized spacial score (nSPS) is 30.6. The first-order chi connectivity index (χ1) is 8.58. The van der Waals surface area contributed by atoms with E-state index in [1.165, 1.54) is 4.90 Å². The number of rotatable bonds is 1. The maximum absolute atomic E-state index is 12.5. The molecule has 0 unspecified atom stereocenters. The van der Waals surface area contributed by atoms with E-state index in [4.69, 9.17) is 12.2 Å². The minimum atomic E-state index is -1.11. The lowest BCUT2D eigenvalue weighted by Gasteiger charge is -2.34. The second kappa shape index (κ2) is 3.62. The maximum Gasteiger partial charge on any atom is 0.249 e. The Balaban J connectivity index is 2.22. The van der Waals surface area contributed by atoms with E-state index in [-0.39, 0.29) is 22.8 Å². The number of nitrogens with one attached hydrogen (secondary N) is 1. The predicted octanol–water partition coefficient (Wildman–Crippen LogP) is 0.817. The lowest BCUT2D eigenvalue weighted by Crippen LogP contribution is -2.61. The van der Waals surface area contributed by atoms with Gasteiger partial charge < -0.3 is 5.32 Å². The van der Waals surface area contributed by atoms with Crippen LogP contribution in [0.4, 0.5) is 0 Å². The van der Waals surface area contributed by atoms with Crippen LogP contribution in [-0.4, -0.2) is 28.4 Å². The smallest absolute Gasteiger partial charge is 0.249 e. The van der Waals surface area contributed by atoms with E-state index in [0.717, 1.165) is 5.56 Å². The highest BCUT2D eigenvalue weighted by atomic mass is 32.1. The van der Waals surface area contributed by atoms with Crippen LogP contribution in [0.3, 0.4) is 0 Å². The molecule has 0 saturated carbocycles. The molecule has 5 heteroatoms. The Morgan fingerprint density at radius 1 is 1.33 bits per heavy atom. The molecule has 0 aliphatic carbocycles. The van der Waals surface area contributed by atoms with Crippen molar-refractivity contribution >= 4 is 29.1 Å². The first-order valence-corrected chi connectivity index (χ1v) is 6.22. The average Bonchev–Trinajstić information content (AvgIpc) is 2.57. The van der Waals surface area contributed by atoms with Gasteiger partial charge >= 0.3 is 0 Å². The Morgan fingerprint density at radius 3 is 2.67 bits per heavy atom. The number of benzene rings is 1. The molecule has 18 heavy (non-hydrogen) atoms. The van der Waals surface area contributed by atoms with Crippen LogP contribution < -0.4 is 5.32 Å². The summed E-state index contributed by atoms with van der Waals surface area (Å²) in [6, 6.07) is 9.20. The second-order valence-electron chi connectivity index (χ2n) is 4.75. The van der Waals surface area contributed by atoms with Crippen LogP contribution in [0.15, 0.2) is 30.3 Å². The minimum absolute atomic E-state index is 0.0900. The van der Waals surface area contributed by atoms with E-state index >= 15 is 0 Å². The van der Waals surface area contributed by atoms with Gasteiger partial charge in [-0.2, -0.15) is 0 Å². The lowest BCUT2D eigenvalue weighted by atomic mass is 9.71. The van der Waals surface area contributed by atoms with Crippen molar-refractivity contribution < 1.29 is 9.59 Å². The molecule has 1 aromatic carbocycles. The van der Waals surface area contributed by atoms with Gasteiger partial charge in [0.25, 0.3) is 0 Å². The van der Waals surface area contributed by atoms with Gasteiger partial charge in [0.15, 0.2) is 10.5 Å². The number of nitrogens with zero attached hydrogens (tertiary/aromatic N) is 1. The Labute approximate surface area is 110 Å². The zero-order chi connectivity index (χ0) is 12.9. The van der Waals surface area contributed by atoms with Crippen molar-refractivity contribution in [2.75, 3.05) is 6.54 Å². The highest BCUT2D eigenvalue weighted by Crippen LogP contribution is 2.42. The van der Waals surface area contributed by atoms with Crippen LogP contribution >= 0.6 is 12.2 Å². The molecule has 2 amide bonds. The lowest BCUT2D eigenvalue weighted by molar-refractivity contribution is -0.140. The van der Waals surface area contributed by atoms with Crippen LogP contribution in [0.5, 0.6) is 0 Å². The number of thiocarbonyl (C=S) groups is 1. The molecule has 2 atom stereocenters. The molecule has 0 aromatic heterocycles. The number of hydrogen-bond donors (Lipinski definition) is 1. The second-order valence-corrected chi connectivity index (χ2v) is 5.14. The molecule has 2 bridgehead atoms. The molecule has 2 aliphatic rings. The van der Waals surface area contributed by atoms with E-state index in [1.807, 2.05) is 37.3 Å². The SMILES string of the molecule is C[C@H]1CN2C(=O)[C@]1(c1ccccc1)C(=O)NC2=S. The summed E-state index contributed by atoms with van der Waals surface area (Å²) in [5.41, 5.74) is -0.367. The van der Waals surface area contributed by atoms with Crippen molar-refractivity contribution in [1.82, 2.24) is 10.2 Å². The minimum Gasteiger partial charge on any atom is -0.301 e. The number of hydrogen-bond acceptors (Lipinski definition) is 3. The topological polar surface area (TPSA) is 49.4 Å². The Kier molecular flexibility index (Phi) is 2.28. The summed E-state index contributed by atoms with van der Waals surface area (Å²) < 4.78 is 0. The fraction of sp³-hybridized carbons (Fsp3) is 0.308. The summed E-state index contributed by atoms with van der Waals surface area (Å²) in [5, 5.41) is 2.86. The van der Waals surface area contributed by atoms with Crippen molar-refractivity contribution in [2.45, 2.75) is 12.3 Å². The van der Waals surface area contributed by atoms with Gasteiger partial charge in [-0.25, -0.2) is 0 Å². The molecule has 1 N–H and O–H groups in total. The summed E-state index contributed by atoms with van der Waals surface area (Å²) in [6.07, 6.45) is 0. The summed E-state index contributed by atoms with van der Waals surface area (Å²) >= 11 is 5.03. The summed E-state index contributed by atoms with van der Waals surface area (Å²) in [7, 11) is 0. The van der Waals surface area contributed by atoms with Crippen LogP contribution in [0.1, 0.15) is 12.5 Å². The first-order valence-electron chi connectivity index (χ1n) is 5.81. The zero-order valence-electron chi connectivity index (χ0n) is 9.84. The first kappa shape index (κ1) is 11.3. The van der Waals surface area contributed by atoms with Gasteiger partial charge in [-0.05, 0) is 17.8 Å². The van der Waals surface area contributed by atoms with Crippen molar-refractivity contribution in [1.29, 1.82) is 0 Å². The van der Waals surface area contributed by atoms with E-state index in [1.54, 1.807) is 0 Å². The molecule has 0 radical (unpaired) electrons. The molecule has 2 heterocycles.